The van der Waals surface area contributed by atoms with Crippen LogP contribution in [0.2, 0.25) is 0 Å². The molecule has 0 aromatic rings. The predicted octanol–water partition coefficient (Wildman–Crippen LogP) is 0.350. The maximum Gasteiger partial charge on any atom is 0.0138 e. The van der Waals surface area contributed by atoms with Crippen LogP contribution < -0.4 is 11.1 Å². The SMILES string of the molecule is NCCNCC1CCN(SS)C1. The first kappa shape index (κ1) is 10.7. The molecule has 0 aliphatic carbocycles. The number of rotatable bonds is 5. The molecule has 0 spiro atoms. The third kappa shape index (κ3) is 3.53. The molecule has 1 saturated heterocycles. The third-order valence-corrected chi connectivity index (χ3v) is 3.37. The Morgan fingerprint density at radius 2 is 2.50 bits per heavy atom. The predicted molar refractivity (Wildman–Crippen MR) is 58.2 cm³/mol. The van der Waals surface area contributed by atoms with Crippen LogP contribution in [0, 0.1) is 5.92 Å². The first-order valence-electron chi connectivity index (χ1n) is 4.34. The molecule has 0 amide bonds. The third-order valence-electron chi connectivity index (χ3n) is 2.12. The van der Waals surface area contributed by atoms with Gasteiger partial charge in [0.1, 0.15) is 0 Å². The van der Waals surface area contributed by atoms with Crippen LogP contribution in [0.15, 0.2) is 0 Å². The van der Waals surface area contributed by atoms with Crippen LogP contribution in [0.25, 0.3) is 0 Å². The molecule has 5 heteroatoms. The summed E-state index contributed by atoms with van der Waals surface area (Å²) in [4.78, 5) is 0. The minimum atomic E-state index is 0.734. The number of nitrogens with zero attached hydrogens (tertiary/aromatic N) is 1. The van der Waals surface area contributed by atoms with E-state index in [1.54, 1.807) is 11.0 Å². The van der Waals surface area contributed by atoms with Crippen molar-refractivity contribution in [3.63, 3.8) is 0 Å². The average Bonchev–Trinajstić information content (AvgIpc) is 2.53. The summed E-state index contributed by atoms with van der Waals surface area (Å²) >= 11 is 4.17. The summed E-state index contributed by atoms with van der Waals surface area (Å²) in [5.41, 5.74) is 5.38. The second-order valence-electron chi connectivity index (χ2n) is 3.12. The quantitative estimate of drug-likeness (QED) is 0.263. The lowest BCUT2D eigenvalue weighted by Gasteiger charge is -2.11. The van der Waals surface area contributed by atoms with Crippen molar-refractivity contribution in [2.45, 2.75) is 6.42 Å². The van der Waals surface area contributed by atoms with Gasteiger partial charge < -0.3 is 11.1 Å². The van der Waals surface area contributed by atoms with E-state index in [1.165, 1.54) is 13.0 Å². The molecule has 1 aliphatic heterocycles. The molecule has 72 valence electrons. The minimum absolute atomic E-state index is 0.734. The number of hydrogen-bond donors (Lipinski definition) is 3. The Labute approximate surface area is 83.4 Å². The lowest BCUT2D eigenvalue weighted by molar-refractivity contribution is 0.488. The largest absolute Gasteiger partial charge is 0.329 e. The van der Waals surface area contributed by atoms with Gasteiger partial charge in [-0.2, -0.15) is 0 Å². The van der Waals surface area contributed by atoms with E-state index in [0.717, 1.165) is 32.1 Å². The molecule has 3 nitrogen and oxygen atoms in total. The summed E-state index contributed by atoms with van der Waals surface area (Å²) in [7, 11) is 1.55. The van der Waals surface area contributed by atoms with Crippen molar-refractivity contribution in [2.75, 3.05) is 32.7 Å². The molecule has 3 N–H and O–H groups in total. The first-order valence-corrected chi connectivity index (χ1v) is 6.16. The standard InChI is InChI=1S/C7H17N3S2/c8-2-3-9-5-7-1-4-10(6-7)12-11/h7,9,11H,1-6,8H2. The first-order chi connectivity index (χ1) is 5.86. The van der Waals surface area contributed by atoms with Gasteiger partial charge in [-0.3, -0.25) is 0 Å². The zero-order chi connectivity index (χ0) is 8.81. The van der Waals surface area contributed by atoms with Gasteiger partial charge in [-0.15, -0.1) is 0 Å². The maximum atomic E-state index is 5.38. The van der Waals surface area contributed by atoms with Crippen LogP contribution in [0.1, 0.15) is 6.42 Å². The number of nitrogens with two attached hydrogens (primary N) is 1. The average molecular weight is 207 g/mol. The zero-order valence-corrected chi connectivity index (χ0v) is 8.91. The van der Waals surface area contributed by atoms with Crippen molar-refractivity contribution in [2.24, 2.45) is 11.7 Å². The summed E-state index contributed by atoms with van der Waals surface area (Å²) in [5.74, 6) is 0.788. The molecule has 0 saturated carbocycles. The highest BCUT2D eigenvalue weighted by Gasteiger charge is 2.21. The summed E-state index contributed by atoms with van der Waals surface area (Å²) < 4.78 is 2.29. The molecule has 1 rings (SSSR count). The second kappa shape index (κ2) is 6.10. The molecule has 1 heterocycles. The van der Waals surface area contributed by atoms with Crippen LogP contribution in [-0.4, -0.2) is 37.0 Å². The number of thiol groups is 1. The Hall–Kier alpha value is 0.580. The van der Waals surface area contributed by atoms with Gasteiger partial charge >= 0.3 is 0 Å². The minimum Gasteiger partial charge on any atom is -0.329 e. The van der Waals surface area contributed by atoms with Crippen LogP contribution in [0.3, 0.4) is 0 Å². The summed E-state index contributed by atoms with van der Waals surface area (Å²) in [5, 5.41) is 3.34. The summed E-state index contributed by atoms with van der Waals surface area (Å²) in [6.45, 7) is 5.10. The fourth-order valence-electron chi connectivity index (χ4n) is 1.45. The highest BCUT2D eigenvalue weighted by Crippen LogP contribution is 2.24. The molecule has 12 heavy (non-hydrogen) atoms. The lowest BCUT2D eigenvalue weighted by Crippen LogP contribution is -2.28. The summed E-state index contributed by atoms with van der Waals surface area (Å²) in [6, 6.07) is 0. The second-order valence-corrected chi connectivity index (χ2v) is 4.29. The van der Waals surface area contributed by atoms with Crippen molar-refractivity contribution in [1.82, 2.24) is 9.62 Å². The highest BCUT2D eigenvalue weighted by molar-refractivity contribution is 8.67. The summed E-state index contributed by atoms with van der Waals surface area (Å²) in [6.07, 6.45) is 1.28. The molecule has 1 aliphatic rings. The molecular formula is C7H17N3S2. The van der Waals surface area contributed by atoms with Crippen LogP contribution in [0.4, 0.5) is 0 Å². The molecule has 1 unspecified atom stereocenters. The van der Waals surface area contributed by atoms with Gasteiger partial charge in [0.05, 0.1) is 0 Å². The van der Waals surface area contributed by atoms with E-state index in [4.69, 9.17) is 5.73 Å². The molecule has 0 aromatic heterocycles. The Morgan fingerprint density at radius 3 is 3.08 bits per heavy atom. The normalized spacial score (nSPS) is 25.0. The Bertz CT molecular complexity index is 123. The van der Waals surface area contributed by atoms with Gasteiger partial charge in [0, 0.05) is 26.2 Å². The van der Waals surface area contributed by atoms with Gasteiger partial charge in [-0.1, -0.05) is 11.7 Å². The Kier molecular flexibility index (Phi) is 5.42. The highest BCUT2D eigenvalue weighted by atomic mass is 33.1. The monoisotopic (exact) mass is 207 g/mol. The molecule has 0 aromatic carbocycles. The fraction of sp³-hybridized carbons (Fsp3) is 1.00. The number of nitrogens with one attached hydrogen (secondary N) is 1. The van der Waals surface area contributed by atoms with Gasteiger partial charge in [0.15, 0.2) is 0 Å². The van der Waals surface area contributed by atoms with Gasteiger partial charge in [0.2, 0.25) is 0 Å². The zero-order valence-electron chi connectivity index (χ0n) is 7.20. The van der Waals surface area contributed by atoms with Gasteiger partial charge in [-0.05, 0) is 29.9 Å². The van der Waals surface area contributed by atoms with Gasteiger partial charge in [0.25, 0.3) is 0 Å². The van der Waals surface area contributed by atoms with E-state index in [2.05, 4.69) is 21.3 Å². The lowest BCUT2D eigenvalue weighted by atomic mass is 10.1. The van der Waals surface area contributed by atoms with E-state index in [1.807, 2.05) is 0 Å². The van der Waals surface area contributed by atoms with E-state index in [-0.39, 0.29) is 0 Å². The molecule has 0 radical (unpaired) electrons. The van der Waals surface area contributed by atoms with Crippen molar-refractivity contribution >= 4 is 22.6 Å². The Morgan fingerprint density at radius 1 is 1.67 bits per heavy atom. The molecular weight excluding hydrogens is 190 g/mol. The van der Waals surface area contributed by atoms with E-state index in [9.17, 15) is 0 Å². The Balaban J connectivity index is 2.03. The van der Waals surface area contributed by atoms with Crippen molar-refractivity contribution in [1.29, 1.82) is 0 Å². The smallest absolute Gasteiger partial charge is 0.0138 e. The van der Waals surface area contributed by atoms with Crippen LogP contribution >= 0.6 is 22.6 Å². The van der Waals surface area contributed by atoms with Crippen LogP contribution in [0.5, 0.6) is 0 Å². The van der Waals surface area contributed by atoms with E-state index < -0.39 is 0 Å². The molecule has 1 fully saturated rings. The topological polar surface area (TPSA) is 41.3 Å². The molecule has 0 bridgehead atoms. The maximum absolute atomic E-state index is 5.38. The molecule has 1 atom stereocenters. The van der Waals surface area contributed by atoms with Crippen molar-refractivity contribution < 1.29 is 0 Å². The van der Waals surface area contributed by atoms with Crippen molar-refractivity contribution in [3.8, 4) is 0 Å². The van der Waals surface area contributed by atoms with Crippen molar-refractivity contribution in [3.05, 3.63) is 0 Å². The van der Waals surface area contributed by atoms with Gasteiger partial charge in [-0.25, -0.2) is 4.31 Å². The van der Waals surface area contributed by atoms with E-state index >= 15 is 0 Å². The number of hydrogen-bond acceptors (Lipinski definition) is 5. The fourth-order valence-corrected chi connectivity index (χ4v) is 2.36. The van der Waals surface area contributed by atoms with Crippen LogP contribution in [-0.2, 0) is 0 Å². The van der Waals surface area contributed by atoms with E-state index in [0.29, 0.717) is 0 Å².